The van der Waals surface area contributed by atoms with Gasteiger partial charge in [0, 0.05) is 6.04 Å². The van der Waals surface area contributed by atoms with E-state index in [9.17, 15) is 0 Å². The number of rotatable bonds is 4. The first-order chi connectivity index (χ1) is 8.90. The largest absolute Gasteiger partial charge is 0.298 e. The lowest BCUT2D eigenvalue weighted by molar-refractivity contribution is 0.670. The van der Waals surface area contributed by atoms with Crippen LogP contribution in [-0.4, -0.2) is 20.5 Å². The van der Waals surface area contributed by atoms with Crippen LogP contribution in [0.15, 0.2) is 22.7 Å². The highest BCUT2D eigenvalue weighted by atomic mass is 32.2. The Bertz CT molecular complexity index is 586. The smallest absolute Gasteiger partial charge is 0.192 e. The SMILES string of the molecule is CC#CCSc1nnc(-c2cccs2)n1C1CC1. The summed E-state index contributed by atoms with van der Waals surface area (Å²) in [4.78, 5) is 1.20. The molecule has 3 rings (SSSR count). The molecule has 1 aliphatic rings. The maximum Gasteiger partial charge on any atom is 0.192 e. The summed E-state index contributed by atoms with van der Waals surface area (Å²) in [5.41, 5.74) is 0. The van der Waals surface area contributed by atoms with E-state index in [4.69, 9.17) is 0 Å². The van der Waals surface area contributed by atoms with Gasteiger partial charge >= 0.3 is 0 Å². The quantitative estimate of drug-likeness (QED) is 0.632. The molecule has 5 heteroatoms. The molecular weight excluding hydrogens is 262 g/mol. The van der Waals surface area contributed by atoms with Gasteiger partial charge in [0.15, 0.2) is 11.0 Å². The second kappa shape index (κ2) is 5.17. The predicted octanol–water partition coefficient (Wildman–Crippen LogP) is 3.46. The van der Waals surface area contributed by atoms with E-state index >= 15 is 0 Å². The first kappa shape index (κ1) is 11.8. The van der Waals surface area contributed by atoms with Crippen LogP contribution in [-0.2, 0) is 0 Å². The van der Waals surface area contributed by atoms with Gasteiger partial charge in [-0.15, -0.1) is 27.5 Å². The van der Waals surface area contributed by atoms with Crippen LogP contribution in [0.2, 0.25) is 0 Å². The highest BCUT2D eigenvalue weighted by Gasteiger charge is 2.30. The van der Waals surface area contributed by atoms with Crippen molar-refractivity contribution < 1.29 is 0 Å². The zero-order valence-electron chi connectivity index (χ0n) is 10.1. The van der Waals surface area contributed by atoms with Crippen LogP contribution >= 0.6 is 23.1 Å². The van der Waals surface area contributed by atoms with E-state index < -0.39 is 0 Å². The van der Waals surface area contributed by atoms with E-state index in [-0.39, 0.29) is 0 Å². The lowest BCUT2D eigenvalue weighted by Crippen LogP contribution is -1.98. The van der Waals surface area contributed by atoms with Gasteiger partial charge < -0.3 is 0 Å². The molecule has 0 saturated heterocycles. The number of thioether (sulfide) groups is 1. The second-order valence-corrected chi connectivity index (χ2v) is 5.99. The average Bonchev–Trinajstić information content (AvgIpc) is 2.93. The fraction of sp³-hybridized carbons (Fsp3) is 0.385. The van der Waals surface area contributed by atoms with Crippen LogP contribution in [0.1, 0.15) is 25.8 Å². The Morgan fingerprint density at radius 2 is 2.39 bits per heavy atom. The highest BCUT2D eigenvalue weighted by molar-refractivity contribution is 7.99. The lowest BCUT2D eigenvalue weighted by Gasteiger charge is -2.06. The summed E-state index contributed by atoms with van der Waals surface area (Å²) < 4.78 is 2.29. The maximum absolute atomic E-state index is 4.35. The van der Waals surface area contributed by atoms with Gasteiger partial charge in [-0.3, -0.25) is 4.57 Å². The third-order valence-corrected chi connectivity index (χ3v) is 4.46. The zero-order valence-corrected chi connectivity index (χ0v) is 11.7. The molecule has 18 heavy (non-hydrogen) atoms. The van der Waals surface area contributed by atoms with Crippen LogP contribution < -0.4 is 0 Å². The van der Waals surface area contributed by atoms with E-state index in [0.29, 0.717) is 6.04 Å². The minimum absolute atomic E-state index is 0.592. The number of thiophene rings is 1. The van der Waals surface area contributed by atoms with Gasteiger partial charge in [-0.2, -0.15) is 0 Å². The molecule has 2 aromatic heterocycles. The zero-order chi connectivity index (χ0) is 12.4. The molecule has 0 amide bonds. The van der Waals surface area contributed by atoms with Crippen molar-refractivity contribution in [3.05, 3.63) is 17.5 Å². The average molecular weight is 275 g/mol. The van der Waals surface area contributed by atoms with Crippen molar-refractivity contribution in [3.63, 3.8) is 0 Å². The number of aromatic nitrogens is 3. The van der Waals surface area contributed by atoms with E-state index in [1.807, 2.05) is 6.92 Å². The Morgan fingerprint density at radius 3 is 3.06 bits per heavy atom. The van der Waals surface area contributed by atoms with Crippen LogP contribution in [0, 0.1) is 11.8 Å². The minimum Gasteiger partial charge on any atom is -0.298 e. The van der Waals surface area contributed by atoms with Crippen LogP contribution in [0.3, 0.4) is 0 Å². The van der Waals surface area contributed by atoms with Gasteiger partial charge in [0.05, 0.1) is 10.6 Å². The first-order valence-electron chi connectivity index (χ1n) is 5.91. The van der Waals surface area contributed by atoms with Crippen molar-refractivity contribution >= 4 is 23.1 Å². The number of nitrogens with zero attached hydrogens (tertiary/aromatic N) is 3. The fourth-order valence-corrected chi connectivity index (χ4v) is 3.31. The molecule has 0 aromatic carbocycles. The summed E-state index contributed by atoms with van der Waals surface area (Å²) in [5, 5.41) is 11.8. The summed E-state index contributed by atoms with van der Waals surface area (Å²) in [6.45, 7) is 1.86. The molecule has 0 spiro atoms. The Hall–Kier alpha value is -1.25. The molecule has 2 heterocycles. The molecule has 0 radical (unpaired) electrons. The standard InChI is InChI=1S/C13H13N3S2/c1-2-3-8-18-13-15-14-12(11-5-4-9-17-11)16(13)10-6-7-10/h4-5,9-10H,6-8H2,1H3. The van der Waals surface area contributed by atoms with Crippen LogP contribution in [0.5, 0.6) is 0 Å². The Balaban J connectivity index is 1.92. The lowest BCUT2D eigenvalue weighted by atomic mass is 10.4. The van der Waals surface area contributed by atoms with Gasteiger partial charge in [0.1, 0.15) is 0 Å². The maximum atomic E-state index is 4.35. The molecule has 92 valence electrons. The summed E-state index contributed by atoms with van der Waals surface area (Å²) in [6.07, 6.45) is 2.48. The molecular formula is C13H13N3S2. The van der Waals surface area contributed by atoms with Crippen molar-refractivity contribution in [3.8, 4) is 22.5 Å². The van der Waals surface area contributed by atoms with E-state index in [1.165, 1.54) is 17.7 Å². The molecule has 0 atom stereocenters. The summed E-state index contributed by atoms with van der Waals surface area (Å²) in [7, 11) is 0. The first-order valence-corrected chi connectivity index (χ1v) is 7.78. The third kappa shape index (κ3) is 2.31. The van der Waals surface area contributed by atoms with E-state index in [1.54, 1.807) is 23.1 Å². The third-order valence-electron chi connectivity index (χ3n) is 2.77. The van der Waals surface area contributed by atoms with Gasteiger partial charge in [-0.05, 0) is 31.2 Å². The topological polar surface area (TPSA) is 30.7 Å². The van der Waals surface area contributed by atoms with Crippen molar-refractivity contribution in [1.82, 2.24) is 14.8 Å². The monoisotopic (exact) mass is 275 g/mol. The Labute approximate surface area is 115 Å². The van der Waals surface area contributed by atoms with Gasteiger partial charge in [0.2, 0.25) is 0 Å². The molecule has 0 bridgehead atoms. The van der Waals surface area contributed by atoms with E-state index in [2.05, 4.69) is 44.1 Å². The van der Waals surface area contributed by atoms with Crippen LogP contribution in [0.25, 0.3) is 10.7 Å². The van der Waals surface area contributed by atoms with Gasteiger partial charge in [-0.1, -0.05) is 23.7 Å². The van der Waals surface area contributed by atoms with Crippen molar-refractivity contribution in [1.29, 1.82) is 0 Å². The second-order valence-electron chi connectivity index (χ2n) is 4.10. The molecule has 3 nitrogen and oxygen atoms in total. The van der Waals surface area contributed by atoms with Gasteiger partial charge in [0.25, 0.3) is 0 Å². The normalized spacial score (nSPS) is 14.3. The molecule has 1 saturated carbocycles. The number of hydrogen-bond acceptors (Lipinski definition) is 4. The van der Waals surface area contributed by atoms with Crippen LogP contribution in [0.4, 0.5) is 0 Å². The Kier molecular flexibility index (Phi) is 3.39. The van der Waals surface area contributed by atoms with Gasteiger partial charge in [-0.25, -0.2) is 0 Å². The number of hydrogen-bond donors (Lipinski definition) is 0. The predicted molar refractivity (Wildman–Crippen MR) is 75.8 cm³/mol. The Morgan fingerprint density at radius 1 is 1.50 bits per heavy atom. The molecule has 1 aliphatic carbocycles. The summed E-state index contributed by atoms with van der Waals surface area (Å²) in [5.74, 6) is 7.77. The fourth-order valence-electron chi connectivity index (χ4n) is 1.78. The summed E-state index contributed by atoms with van der Waals surface area (Å²) >= 11 is 3.39. The van der Waals surface area contributed by atoms with Crippen molar-refractivity contribution in [2.45, 2.75) is 31.0 Å². The van der Waals surface area contributed by atoms with Crippen molar-refractivity contribution in [2.24, 2.45) is 0 Å². The molecule has 0 unspecified atom stereocenters. The molecule has 0 aliphatic heterocycles. The molecule has 2 aromatic rings. The van der Waals surface area contributed by atoms with Crippen molar-refractivity contribution in [2.75, 3.05) is 5.75 Å². The summed E-state index contributed by atoms with van der Waals surface area (Å²) in [6, 6.07) is 4.75. The molecule has 0 N–H and O–H groups in total. The van der Waals surface area contributed by atoms with E-state index in [0.717, 1.165) is 16.7 Å². The molecule has 1 fully saturated rings. The highest BCUT2D eigenvalue weighted by Crippen LogP contribution is 2.41. The minimum atomic E-state index is 0.592.